The smallest absolute Gasteiger partial charge is 0.366 e. The average Bonchev–Trinajstić information content (AvgIpc) is 3.35. The first-order chi connectivity index (χ1) is 18.2. The van der Waals surface area contributed by atoms with Crippen molar-refractivity contribution in [2.75, 3.05) is 5.32 Å². The monoisotopic (exact) mass is 515 g/mol. The van der Waals surface area contributed by atoms with Crippen LogP contribution in [-0.2, 0) is 6.18 Å². The predicted molar refractivity (Wildman–Crippen MR) is 136 cm³/mol. The molecule has 3 heterocycles. The molecule has 3 N–H and O–H groups in total. The number of nitrogens with zero attached hydrogens (tertiary/aromatic N) is 5. The molecule has 1 amide bonds. The van der Waals surface area contributed by atoms with E-state index in [0.29, 0.717) is 22.6 Å². The maximum absolute atomic E-state index is 13.9. The van der Waals surface area contributed by atoms with Crippen LogP contribution in [0.3, 0.4) is 0 Å². The highest BCUT2D eigenvalue weighted by molar-refractivity contribution is 5.96. The summed E-state index contributed by atoms with van der Waals surface area (Å²) in [6, 6.07) is 13.5. The van der Waals surface area contributed by atoms with Gasteiger partial charge >= 0.3 is 6.18 Å². The molecule has 5 rings (SSSR count). The molecule has 0 aliphatic heterocycles. The standard InChI is InChI=1S/C27H20F3N7O/c1-16-14-37(15-34-16)21-10-19(9-20(12-21)27(28,29)30)22-5-4-17(25(31)38)11-24(22)36-26-33-8-6-23(35-26)18-3-2-7-32-13-18/h2-15H,1H3,(H2,31,38)(H,33,35,36). The van der Waals surface area contributed by atoms with Gasteiger partial charge in [0.1, 0.15) is 0 Å². The molecule has 8 nitrogen and oxygen atoms in total. The Morgan fingerprint density at radius 1 is 1.00 bits per heavy atom. The number of anilines is 2. The number of aromatic nitrogens is 5. The van der Waals surface area contributed by atoms with Crippen LogP contribution < -0.4 is 11.1 Å². The van der Waals surface area contributed by atoms with Gasteiger partial charge < -0.3 is 15.6 Å². The van der Waals surface area contributed by atoms with Gasteiger partial charge in [0, 0.05) is 52.9 Å². The van der Waals surface area contributed by atoms with Crippen molar-refractivity contribution in [3.63, 3.8) is 0 Å². The van der Waals surface area contributed by atoms with Crippen LogP contribution in [0, 0.1) is 6.92 Å². The van der Waals surface area contributed by atoms with Gasteiger partial charge in [-0.3, -0.25) is 9.78 Å². The zero-order valence-electron chi connectivity index (χ0n) is 19.9. The minimum Gasteiger partial charge on any atom is -0.366 e. The lowest BCUT2D eigenvalue weighted by Crippen LogP contribution is -2.12. The predicted octanol–water partition coefficient (Wildman–Crippen LogP) is 5.56. The van der Waals surface area contributed by atoms with Gasteiger partial charge in [-0.05, 0) is 61.0 Å². The number of carbonyl (C=O) groups excluding carboxylic acids is 1. The summed E-state index contributed by atoms with van der Waals surface area (Å²) in [4.78, 5) is 28.9. The second-order valence-corrected chi connectivity index (χ2v) is 8.45. The second kappa shape index (κ2) is 9.77. The lowest BCUT2D eigenvalue weighted by atomic mass is 9.98. The van der Waals surface area contributed by atoms with Crippen molar-refractivity contribution >= 4 is 17.5 Å². The number of imidazole rings is 1. The van der Waals surface area contributed by atoms with Gasteiger partial charge in [-0.15, -0.1) is 0 Å². The molecule has 190 valence electrons. The van der Waals surface area contributed by atoms with Crippen LogP contribution in [0.2, 0.25) is 0 Å². The maximum Gasteiger partial charge on any atom is 0.416 e. The Kier molecular flexibility index (Phi) is 6.33. The van der Waals surface area contributed by atoms with E-state index >= 15 is 0 Å². The fraction of sp³-hybridized carbons (Fsp3) is 0.0741. The van der Waals surface area contributed by atoms with Crippen LogP contribution in [0.15, 0.2) is 85.7 Å². The van der Waals surface area contributed by atoms with Crippen molar-refractivity contribution in [3.8, 4) is 28.1 Å². The van der Waals surface area contributed by atoms with Crippen LogP contribution in [0.4, 0.5) is 24.8 Å². The number of halogens is 3. The fourth-order valence-electron chi connectivity index (χ4n) is 3.91. The Labute approximate surface area is 215 Å². The number of primary amides is 1. The van der Waals surface area contributed by atoms with Crippen molar-refractivity contribution in [2.24, 2.45) is 5.73 Å². The van der Waals surface area contributed by atoms with Gasteiger partial charge in [0.2, 0.25) is 11.9 Å². The molecule has 0 fully saturated rings. The van der Waals surface area contributed by atoms with E-state index in [0.717, 1.165) is 17.7 Å². The highest BCUT2D eigenvalue weighted by atomic mass is 19.4. The minimum atomic E-state index is -4.59. The molecule has 0 atom stereocenters. The number of aryl methyl sites for hydroxylation is 1. The van der Waals surface area contributed by atoms with Crippen LogP contribution in [0.25, 0.3) is 28.1 Å². The number of alkyl halides is 3. The van der Waals surface area contributed by atoms with Crippen LogP contribution in [-0.4, -0.2) is 30.4 Å². The van der Waals surface area contributed by atoms with E-state index in [4.69, 9.17) is 5.73 Å². The summed E-state index contributed by atoms with van der Waals surface area (Å²) in [5.74, 6) is -0.519. The van der Waals surface area contributed by atoms with E-state index in [1.165, 1.54) is 29.1 Å². The lowest BCUT2D eigenvalue weighted by Gasteiger charge is -2.17. The largest absolute Gasteiger partial charge is 0.416 e. The van der Waals surface area contributed by atoms with Gasteiger partial charge in [-0.1, -0.05) is 6.07 Å². The molecule has 38 heavy (non-hydrogen) atoms. The lowest BCUT2D eigenvalue weighted by molar-refractivity contribution is -0.137. The summed E-state index contributed by atoms with van der Waals surface area (Å²) < 4.78 is 43.2. The molecular formula is C27H20F3N7O. The topological polar surface area (TPSA) is 112 Å². The third-order valence-corrected chi connectivity index (χ3v) is 5.73. The Morgan fingerprint density at radius 2 is 1.84 bits per heavy atom. The van der Waals surface area contributed by atoms with Crippen LogP contribution in [0.1, 0.15) is 21.6 Å². The van der Waals surface area contributed by atoms with Gasteiger partial charge in [0.25, 0.3) is 0 Å². The molecule has 0 aliphatic rings. The molecule has 0 bridgehead atoms. The van der Waals surface area contributed by atoms with Gasteiger partial charge in [-0.2, -0.15) is 13.2 Å². The van der Waals surface area contributed by atoms with Crippen LogP contribution in [0.5, 0.6) is 0 Å². The average molecular weight is 515 g/mol. The van der Waals surface area contributed by atoms with Crippen LogP contribution >= 0.6 is 0 Å². The molecule has 5 aromatic rings. The Morgan fingerprint density at radius 3 is 2.53 bits per heavy atom. The van der Waals surface area contributed by atoms with E-state index < -0.39 is 17.6 Å². The van der Waals surface area contributed by atoms with Gasteiger partial charge in [0.15, 0.2) is 0 Å². The minimum absolute atomic E-state index is 0.164. The molecule has 0 saturated heterocycles. The normalized spacial score (nSPS) is 11.4. The number of nitrogens with one attached hydrogen (secondary N) is 1. The first kappa shape index (κ1) is 24.6. The molecule has 0 spiro atoms. The van der Waals surface area contributed by atoms with E-state index in [-0.39, 0.29) is 22.8 Å². The highest BCUT2D eigenvalue weighted by Crippen LogP contribution is 2.37. The highest BCUT2D eigenvalue weighted by Gasteiger charge is 2.32. The zero-order chi connectivity index (χ0) is 26.9. The number of amides is 1. The SMILES string of the molecule is Cc1cn(-c2cc(-c3ccc(C(N)=O)cc3Nc3nccc(-c4cccnc4)n3)cc(C(F)(F)F)c2)cn1. The van der Waals surface area contributed by atoms with Crippen molar-refractivity contribution < 1.29 is 18.0 Å². The Balaban J connectivity index is 1.64. The summed E-state index contributed by atoms with van der Waals surface area (Å²) in [6.45, 7) is 1.75. The number of hydrogen-bond acceptors (Lipinski definition) is 6. The quantitative estimate of drug-likeness (QED) is 0.306. The van der Waals surface area contributed by atoms with Crippen molar-refractivity contribution in [1.29, 1.82) is 0 Å². The van der Waals surface area contributed by atoms with Gasteiger partial charge in [-0.25, -0.2) is 15.0 Å². The third-order valence-electron chi connectivity index (χ3n) is 5.73. The molecule has 11 heteroatoms. The summed E-state index contributed by atoms with van der Waals surface area (Å²) in [6.07, 6.45) is 3.31. The van der Waals surface area contributed by atoms with E-state index in [1.54, 1.807) is 49.9 Å². The Hall–Kier alpha value is -5.06. The Bertz CT molecular complexity index is 1630. The molecule has 2 aromatic carbocycles. The zero-order valence-corrected chi connectivity index (χ0v) is 19.9. The maximum atomic E-state index is 13.9. The number of rotatable bonds is 6. The molecule has 0 radical (unpaired) electrons. The second-order valence-electron chi connectivity index (χ2n) is 8.45. The number of carbonyl (C=O) groups is 1. The van der Waals surface area contributed by atoms with E-state index in [1.807, 2.05) is 6.07 Å². The molecule has 0 aliphatic carbocycles. The first-order valence-corrected chi connectivity index (χ1v) is 11.4. The van der Waals surface area contributed by atoms with Crippen molar-refractivity contribution in [2.45, 2.75) is 13.1 Å². The number of nitrogens with two attached hydrogens (primary N) is 1. The summed E-state index contributed by atoms with van der Waals surface area (Å²) in [7, 11) is 0. The first-order valence-electron chi connectivity index (χ1n) is 11.4. The van der Waals surface area contributed by atoms with Gasteiger partial charge in [0.05, 0.1) is 23.3 Å². The summed E-state index contributed by atoms with van der Waals surface area (Å²) in [5.41, 5.74) is 8.01. The molecule has 0 unspecified atom stereocenters. The van der Waals surface area contributed by atoms with Crippen molar-refractivity contribution in [3.05, 3.63) is 103 Å². The number of benzene rings is 2. The fourth-order valence-corrected chi connectivity index (χ4v) is 3.91. The summed E-state index contributed by atoms with van der Waals surface area (Å²) in [5, 5.41) is 3.05. The third kappa shape index (κ3) is 5.21. The van der Waals surface area contributed by atoms with E-state index in [2.05, 4.69) is 25.3 Å². The number of pyridine rings is 1. The molecule has 0 saturated carbocycles. The number of hydrogen-bond donors (Lipinski definition) is 2. The van der Waals surface area contributed by atoms with Crippen molar-refractivity contribution in [1.82, 2.24) is 24.5 Å². The summed E-state index contributed by atoms with van der Waals surface area (Å²) >= 11 is 0. The van der Waals surface area contributed by atoms with E-state index in [9.17, 15) is 18.0 Å². The molecular weight excluding hydrogens is 495 g/mol. The molecule has 3 aromatic heterocycles.